The first-order valence-corrected chi connectivity index (χ1v) is 6.02. The predicted octanol–water partition coefficient (Wildman–Crippen LogP) is 0.0709. The third kappa shape index (κ3) is 3.52. The van der Waals surface area contributed by atoms with E-state index in [-0.39, 0.29) is 5.56 Å². The fraction of sp³-hybridized carbons (Fsp3) is 0.385. The molecule has 6 heteroatoms. The van der Waals surface area contributed by atoms with Crippen molar-refractivity contribution >= 4 is 11.9 Å². The van der Waals surface area contributed by atoms with E-state index in [0.29, 0.717) is 26.2 Å². The number of carbonyl (C=O) groups is 2. The quantitative estimate of drug-likeness (QED) is 0.802. The minimum Gasteiger partial charge on any atom is -0.478 e. The minimum atomic E-state index is -0.946. The van der Waals surface area contributed by atoms with Crippen molar-refractivity contribution in [1.29, 1.82) is 0 Å². The molecule has 0 spiro atoms. The number of hydrogen-bond donors (Lipinski definition) is 2. The Kier molecular flexibility index (Phi) is 4.13. The molecule has 1 saturated heterocycles. The Labute approximate surface area is 110 Å². The number of carboxylic acid groups (broad SMARTS) is 1. The van der Waals surface area contributed by atoms with Gasteiger partial charge in [0.15, 0.2) is 0 Å². The molecule has 0 aliphatic carbocycles. The Hall–Kier alpha value is -1.92. The van der Waals surface area contributed by atoms with E-state index in [9.17, 15) is 9.59 Å². The number of rotatable bonds is 4. The Morgan fingerprint density at radius 3 is 2.95 bits per heavy atom. The summed E-state index contributed by atoms with van der Waals surface area (Å²) in [6.45, 7) is 2.16. The molecular formula is C13H16N2O4. The summed E-state index contributed by atoms with van der Waals surface area (Å²) < 4.78 is 5.26. The van der Waals surface area contributed by atoms with Gasteiger partial charge in [0.1, 0.15) is 6.10 Å². The van der Waals surface area contributed by atoms with Crippen LogP contribution < -0.4 is 5.73 Å². The Morgan fingerprint density at radius 1 is 1.47 bits per heavy atom. The lowest BCUT2D eigenvalue weighted by Gasteiger charge is -2.31. The molecule has 19 heavy (non-hydrogen) atoms. The van der Waals surface area contributed by atoms with Crippen LogP contribution in [0.15, 0.2) is 24.3 Å². The van der Waals surface area contributed by atoms with E-state index in [1.54, 1.807) is 18.2 Å². The number of hydrogen-bond acceptors (Lipinski definition) is 4. The molecule has 0 radical (unpaired) electrons. The fourth-order valence-electron chi connectivity index (χ4n) is 2.08. The number of aromatic carboxylic acids is 1. The third-order valence-corrected chi connectivity index (χ3v) is 3.05. The highest BCUT2D eigenvalue weighted by Gasteiger charge is 2.24. The summed E-state index contributed by atoms with van der Waals surface area (Å²) in [5.74, 6) is -1.41. The van der Waals surface area contributed by atoms with Crippen LogP contribution in [0.1, 0.15) is 15.9 Å². The second-order valence-electron chi connectivity index (χ2n) is 4.50. The molecule has 6 nitrogen and oxygen atoms in total. The number of benzene rings is 1. The Balaban J connectivity index is 2.02. The van der Waals surface area contributed by atoms with Gasteiger partial charge in [-0.15, -0.1) is 0 Å². The van der Waals surface area contributed by atoms with Gasteiger partial charge in [0.05, 0.1) is 12.2 Å². The maximum absolute atomic E-state index is 11.1. The average Bonchev–Trinajstić information content (AvgIpc) is 2.39. The summed E-state index contributed by atoms with van der Waals surface area (Å²) in [6, 6.07) is 6.76. The van der Waals surface area contributed by atoms with Gasteiger partial charge in [0.25, 0.3) is 0 Å². The number of morpholine rings is 1. The van der Waals surface area contributed by atoms with E-state index in [0.717, 1.165) is 5.56 Å². The van der Waals surface area contributed by atoms with Crippen molar-refractivity contribution in [1.82, 2.24) is 4.90 Å². The summed E-state index contributed by atoms with van der Waals surface area (Å²) in [5.41, 5.74) is 6.37. The van der Waals surface area contributed by atoms with Crippen molar-refractivity contribution in [3.8, 4) is 0 Å². The first-order chi connectivity index (χ1) is 9.06. The van der Waals surface area contributed by atoms with E-state index >= 15 is 0 Å². The van der Waals surface area contributed by atoms with Crippen LogP contribution in [0.3, 0.4) is 0 Å². The Bertz CT molecular complexity index is 489. The summed E-state index contributed by atoms with van der Waals surface area (Å²) in [7, 11) is 0. The number of carbonyl (C=O) groups excluding carboxylic acids is 1. The molecule has 1 heterocycles. The average molecular weight is 264 g/mol. The number of primary amides is 1. The molecule has 2 rings (SSSR count). The summed E-state index contributed by atoms with van der Waals surface area (Å²) in [4.78, 5) is 24.0. The van der Waals surface area contributed by atoms with Crippen LogP contribution >= 0.6 is 0 Å². The second-order valence-corrected chi connectivity index (χ2v) is 4.50. The lowest BCUT2D eigenvalue weighted by Crippen LogP contribution is -2.47. The highest BCUT2D eigenvalue weighted by molar-refractivity contribution is 5.87. The maximum atomic E-state index is 11.1. The number of nitrogens with zero attached hydrogens (tertiary/aromatic N) is 1. The summed E-state index contributed by atoms with van der Waals surface area (Å²) in [6.07, 6.45) is -0.587. The van der Waals surface area contributed by atoms with Gasteiger partial charge >= 0.3 is 5.97 Å². The SMILES string of the molecule is NC(=O)[C@@H]1CN(Cc2cccc(C(=O)O)c2)CCO1. The topological polar surface area (TPSA) is 92.9 Å². The molecule has 1 aliphatic rings. The molecule has 0 aromatic heterocycles. The van der Waals surface area contributed by atoms with Crippen molar-refractivity contribution in [3.05, 3.63) is 35.4 Å². The summed E-state index contributed by atoms with van der Waals surface area (Å²) >= 11 is 0. The van der Waals surface area contributed by atoms with Gasteiger partial charge in [-0.2, -0.15) is 0 Å². The highest BCUT2D eigenvalue weighted by atomic mass is 16.5. The van der Waals surface area contributed by atoms with E-state index < -0.39 is 18.0 Å². The van der Waals surface area contributed by atoms with Gasteiger partial charge in [-0.3, -0.25) is 9.69 Å². The number of carboxylic acids is 1. The molecule has 1 aromatic carbocycles. The number of nitrogens with two attached hydrogens (primary N) is 1. The fourth-order valence-corrected chi connectivity index (χ4v) is 2.08. The highest BCUT2D eigenvalue weighted by Crippen LogP contribution is 2.12. The molecule has 0 saturated carbocycles. The van der Waals surface area contributed by atoms with Gasteiger partial charge in [0, 0.05) is 19.6 Å². The molecule has 1 amide bonds. The van der Waals surface area contributed by atoms with Crippen molar-refractivity contribution in [2.75, 3.05) is 19.7 Å². The number of amides is 1. The largest absolute Gasteiger partial charge is 0.478 e. The molecule has 1 atom stereocenters. The van der Waals surface area contributed by atoms with Gasteiger partial charge in [0.2, 0.25) is 5.91 Å². The molecule has 3 N–H and O–H groups in total. The second kappa shape index (κ2) is 5.81. The lowest BCUT2D eigenvalue weighted by atomic mass is 10.1. The van der Waals surface area contributed by atoms with E-state index in [2.05, 4.69) is 0 Å². The zero-order valence-electron chi connectivity index (χ0n) is 10.4. The van der Waals surface area contributed by atoms with Crippen LogP contribution in [0.4, 0.5) is 0 Å². The smallest absolute Gasteiger partial charge is 0.335 e. The van der Waals surface area contributed by atoms with E-state index in [1.807, 2.05) is 11.0 Å². The van der Waals surface area contributed by atoms with Crippen LogP contribution in [-0.2, 0) is 16.1 Å². The first-order valence-electron chi connectivity index (χ1n) is 6.02. The molecule has 1 aliphatic heterocycles. The standard InChI is InChI=1S/C13H16N2O4/c14-12(16)11-8-15(4-5-19-11)7-9-2-1-3-10(6-9)13(17)18/h1-3,6,11H,4-5,7-8H2,(H2,14,16)(H,17,18)/t11-/m0/s1. The van der Waals surface area contributed by atoms with Crippen molar-refractivity contribution < 1.29 is 19.4 Å². The monoisotopic (exact) mass is 264 g/mol. The number of ether oxygens (including phenoxy) is 1. The zero-order chi connectivity index (χ0) is 13.8. The van der Waals surface area contributed by atoms with Gasteiger partial charge < -0.3 is 15.6 Å². The third-order valence-electron chi connectivity index (χ3n) is 3.05. The molecule has 102 valence electrons. The van der Waals surface area contributed by atoms with Crippen LogP contribution in [0, 0.1) is 0 Å². The summed E-state index contributed by atoms with van der Waals surface area (Å²) in [5, 5.41) is 8.94. The zero-order valence-corrected chi connectivity index (χ0v) is 10.4. The molecule has 1 fully saturated rings. The normalized spacial score (nSPS) is 20.1. The minimum absolute atomic E-state index is 0.261. The van der Waals surface area contributed by atoms with Crippen molar-refractivity contribution in [2.24, 2.45) is 5.73 Å². The van der Waals surface area contributed by atoms with Crippen LogP contribution in [0.5, 0.6) is 0 Å². The molecule has 0 bridgehead atoms. The Morgan fingerprint density at radius 2 is 2.26 bits per heavy atom. The molecule has 1 aromatic rings. The first kappa shape index (κ1) is 13.5. The van der Waals surface area contributed by atoms with Crippen LogP contribution in [-0.4, -0.2) is 47.7 Å². The van der Waals surface area contributed by atoms with Crippen molar-refractivity contribution in [2.45, 2.75) is 12.6 Å². The molecule has 0 unspecified atom stereocenters. The van der Waals surface area contributed by atoms with E-state index in [4.69, 9.17) is 15.6 Å². The molecular weight excluding hydrogens is 248 g/mol. The van der Waals surface area contributed by atoms with Crippen molar-refractivity contribution in [3.63, 3.8) is 0 Å². The van der Waals surface area contributed by atoms with Crippen LogP contribution in [0.25, 0.3) is 0 Å². The van der Waals surface area contributed by atoms with Gasteiger partial charge in [-0.1, -0.05) is 12.1 Å². The lowest BCUT2D eigenvalue weighted by molar-refractivity contribution is -0.135. The van der Waals surface area contributed by atoms with Gasteiger partial charge in [-0.05, 0) is 17.7 Å². The maximum Gasteiger partial charge on any atom is 0.335 e. The van der Waals surface area contributed by atoms with E-state index in [1.165, 1.54) is 0 Å². The predicted molar refractivity (Wildman–Crippen MR) is 67.6 cm³/mol. The van der Waals surface area contributed by atoms with Gasteiger partial charge in [-0.25, -0.2) is 4.79 Å². The van der Waals surface area contributed by atoms with Crippen LogP contribution in [0.2, 0.25) is 0 Å².